The van der Waals surface area contributed by atoms with Gasteiger partial charge in [-0.05, 0) is 12.1 Å². The smallest absolute Gasteiger partial charge is 0.0593 e. The molecule has 0 bridgehead atoms. The Morgan fingerprint density at radius 1 is 1.57 bits per heavy atom. The molecule has 78 valence electrons. The van der Waals surface area contributed by atoms with E-state index >= 15 is 0 Å². The Morgan fingerprint density at radius 3 is 3.00 bits per heavy atom. The van der Waals surface area contributed by atoms with Crippen LogP contribution in [0.1, 0.15) is 10.9 Å². The number of hydrogen-bond acceptors (Lipinski definition) is 4. The van der Waals surface area contributed by atoms with Crippen molar-refractivity contribution in [1.29, 1.82) is 0 Å². The van der Waals surface area contributed by atoms with E-state index < -0.39 is 0 Å². The maximum absolute atomic E-state index is 5.69. The highest BCUT2D eigenvalue weighted by Crippen LogP contribution is 2.25. The van der Waals surface area contributed by atoms with Crippen LogP contribution in [0.15, 0.2) is 24.4 Å². The molecule has 0 saturated carbocycles. The van der Waals surface area contributed by atoms with Crippen molar-refractivity contribution in [3.63, 3.8) is 0 Å². The van der Waals surface area contributed by atoms with Crippen LogP contribution in [0.4, 0.5) is 0 Å². The molecular weight excluding hydrogens is 196 g/mol. The third-order valence-corrected chi connectivity index (χ3v) is 3.08. The van der Waals surface area contributed by atoms with Crippen molar-refractivity contribution in [1.82, 2.24) is 4.98 Å². The molecule has 14 heavy (non-hydrogen) atoms. The van der Waals surface area contributed by atoms with Crippen molar-refractivity contribution in [3.05, 3.63) is 30.1 Å². The summed E-state index contributed by atoms with van der Waals surface area (Å²) in [5, 5.41) is 0.284. The second-order valence-corrected chi connectivity index (χ2v) is 4.15. The van der Waals surface area contributed by atoms with Gasteiger partial charge in [-0.25, -0.2) is 0 Å². The molecule has 0 radical (unpaired) electrons. The van der Waals surface area contributed by atoms with E-state index in [1.54, 1.807) is 25.1 Å². The van der Waals surface area contributed by atoms with Gasteiger partial charge in [0.2, 0.25) is 0 Å². The molecule has 3 nitrogen and oxygen atoms in total. The highest BCUT2D eigenvalue weighted by Gasteiger charge is 2.10. The van der Waals surface area contributed by atoms with E-state index in [4.69, 9.17) is 10.5 Å². The van der Waals surface area contributed by atoms with Crippen LogP contribution in [-0.4, -0.2) is 31.0 Å². The van der Waals surface area contributed by atoms with Gasteiger partial charge in [0.05, 0.1) is 17.6 Å². The van der Waals surface area contributed by atoms with Crippen LogP contribution in [0.2, 0.25) is 0 Å². The highest BCUT2D eigenvalue weighted by molar-refractivity contribution is 7.99. The van der Waals surface area contributed by atoms with Gasteiger partial charge in [0.1, 0.15) is 0 Å². The third kappa shape index (κ3) is 3.65. The van der Waals surface area contributed by atoms with Crippen molar-refractivity contribution in [2.45, 2.75) is 5.25 Å². The van der Waals surface area contributed by atoms with Crippen LogP contribution >= 0.6 is 11.8 Å². The number of hydrogen-bond donors (Lipinski definition) is 1. The van der Waals surface area contributed by atoms with Gasteiger partial charge in [0.15, 0.2) is 0 Å². The van der Waals surface area contributed by atoms with Crippen LogP contribution in [-0.2, 0) is 4.74 Å². The molecule has 0 aliphatic heterocycles. The zero-order valence-electron chi connectivity index (χ0n) is 8.35. The average molecular weight is 212 g/mol. The summed E-state index contributed by atoms with van der Waals surface area (Å²) in [7, 11) is 1.71. The van der Waals surface area contributed by atoms with Crippen LogP contribution in [0, 0.1) is 0 Å². The van der Waals surface area contributed by atoms with Gasteiger partial charge in [-0.1, -0.05) is 6.07 Å². The minimum absolute atomic E-state index is 0.284. The van der Waals surface area contributed by atoms with Crippen molar-refractivity contribution < 1.29 is 4.74 Å². The van der Waals surface area contributed by atoms with Gasteiger partial charge < -0.3 is 10.5 Å². The van der Waals surface area contributed by atoms with Gasteiger partial charge in [-0.15, -0.1) is 11.8 Å². The Labute approximate surface area is 89.1 Å². The summed E-state index contributed by atoms with van der Waals surface area (Å²) in [5.41, 5.74) is 6.74. The molecule has 0 aromatic carbocycles. The predicted molar refractivity (Wildman–Crippen MR) is 60.4 cm³/mol. The van der Waals surface area contributed by atoms with Gasteiger partial charge in [0, 0.05) is 25.6 Å². The quantitative estimate of drug-likeness (QED) is 0.725. The Kier molecular flexibility index (Phi) is 5.59. The molecule has 1 aromatic rings. The van der Waals surface area contributed by atoms with Gasteiger partial charge >= 0.3 is 0 Å². The fourth-order valence-electron chi connectivity index (χ4n) is 1.11. The van der Waals surface area contributed by atoms with E-state index in [0.29, 0.717) is 6.54 Å². The lowest BCUT2D eigenvalue weighted by atomic mass is 10.3. The molecular formula is C10H16N2OS. The normalized spacial score (nSPS) is 12.7. The SMILES string of the molecule is COCCSC(CN)c1ccccn1. The van der Waals surface area contributed by atoms with Gasteiger partial charge in [-0.3, -0.25) is 4.98 Å². The predicted octanol–water partition coefficient (Wildman–Crippen LogP) is 1.46. The molecule has 2 N–H and O–H groups in total. The summed E-state index contributed by atoms with van der Waals surface area (Å²) in [6.45, 7) is 1.37. The Balaban J connectivity index is 2.46. The van der Waals surface area contributed by atoms with E-state index in [1.807, 2.05) is 18.2 Å². The zero-order chi connectivity index (χ0) is 10.2. The molecule has 0 amide bonds. The summed E-state index contributed by atoms with van der Waals surface area (Å²) < 4.78 is 4.99. The lowest BCUT2D eigenvalue weighted by Gasteiger charge is -2.12. The largest absolute Gasteiger partial charge is 0.384 e. The molecule has 1 atom stereocenters. The molecule has 1 unspecified atom stereocenters. The molecule has 0 saturated heterocycles. The first kappa shape index (κ1) is 11.5. The zero-order valence-corrected chi connectivity index (χ0v) is 9.17. The summed E-state index contributed by atoms with van der Waals surface area (Å²) >= 11 is 1.79. The van der Waals surface area contributed by atoms with Crippen molar-refractivity contribution >= 4 is 11.8 Å². The first-order valence-corrected chi connectivity index (χ1v) is 5.65. The fraction of sp³-hybridized carbons (Fsp3) is 0.500. The number of nitrogens with zero attached hydrogens (tertiary/aromatic N) is 1. The number of pyridine rings is 1. The topological polar surface area (TPSA) is 48.1 Å². The van der Waals surface area contributed by atoms with Gasteiger partial charge in [0.25, 0.3) is 0 Å². The lowest BCUT2D eigenvalue weighted by Crippen LogP contribution is -2.12. The van der Waals surface area contributed by atoms with E-state index in [1.165, 1.54) is 0 Å². The lowest BCUT2D eigenvalue weighted by molar-refractivity contribution is 0.218. The van der Waals surface area contributed by atoms with Crippen LogP contribution in [0.25, 0.3) is 0 Å². The standard InChI is InChI=1S/C10H16N2OS/c1-13-6-7-14-10(8-11)9-4-2-3-5-12-9/h2-5,10H,6-8,11H2,1H3. The molecule has 1 heterocycles. The molecule has 0 aliphatic carbocycles. The van der Waals surface area contributed by atoms with Crippen molar-refractivity contribution in [2.75, 3.05) is 26.0 Å². The monoisotopic (exact) mass is 212 g/mol. The number of rotatable bonds is 6. The van der Waals surface area contributed by atoms with Crippen LogP contribution in [0.3, 0.4) is 0 Å². The first-order chi connectivity index (χ1) is 6.88. The molecule has 0 fully saturated rings. The second-order valence-electron chi connectivity index (χ2n) is 2.84. The van der Waals surface area contributed by atoms with Crippen molar-refractivity contribution in [3.8, 4) is 0 Å². The van der Waals surface area contributed by atoms with Crippen LogP contribution < -0.4 is 5.73 Å². The Morgan fingerprint density at radius 2 is 2.43 bits per heavy atom. The number of nitrogens with two attached hydrogens (primary N) is 1. The average Bonchev–Trinajstić information content (AvgIpc) is 2.26. The minimum Gasteiger partial charge on any atom is -0.384 e. The van der Waals surface area contributed by atoms with E-state index in [9.17, 15) is 0 Å². The number of ether oxygens (including phenoxy) is 1. The van der Waals surface area contributed by atoms with E-state index in [-0.39, 0.29) is 5.25 Å². The van der Waals surface area contributed by atoms with E-state index in [2.05, 4.69) is 4.98 Å². The minimum atomic E-state index is 0.284. The maximum Gasteiger partial charge on any atom is 0.0593 e. The third-order valence-electron chi connectivity index (χ3n) is 1.84. The summed E-state index contributed by atoms with van der Waals surface area (Å²) in [4.78, 5) is 4.29. The fourth-order valence-corrected chi connectivity index (χ4v) is 2.11. The Bertz CT molecular complexity index is 243. The molecule has 0 aliphatic rings. The maximum atomic E-state index is 5.69. The summed E-state index contributed by atoms with van der Waals surface area (Å²) in [5.74, 6) is 0.953. The first-order valence-electron chi connectivity index (χ1n) is 4.60. The molecule has 1 aromatic heterocycles. The number of thioether (sulfide) groups is 1. The van der Waals surface area contributed by atoms with Crippen LogP contribution in [0.5, 0.6) is 0 Å². The highest BCUT2D eigenvalue weighted by atomic mass is 32.2. The number of aromatic nitrogens is 1. The molecule has 4 heteroatoms. The molecule has 0 spiro atoms. The van der Waals surface area contributed by atoms with Crippen molar-refractivity contribution in [2.24, 2.45) is 5.73 Å². The van der Waals surface area contributed by atoms with Gasteiger partial charge in [-0.2, -0.15) is 0 Å². The van der Waals surface area contributed by atoms with E-state index in [0.717, 1.165) is 18.1 Å². The summed E-state index contributed by atoms with van der Waals surface area (Å²) in [6.07, 6.45) is 1.80. The Hall–Kier alpha value is -0.580. The molecule has 1 rings (SSSR count). The number of methoxy groups -OCH3 is 1. The summed E-state index contributed by atoms with van der Waals surface area (Å²) in [6, 6.07) is 5.91. The second kappa shape index (κ2) is 6.81.